The molecular weight excluding hydrogens is 1110 g/mol. The second-order valence-corrected chi connectivity index (χ2v) is 23.2. The van der Waals surface area contributed by atoms with Gasteiger partial charge in [0.15, 0.2) is 6.04 Å². The standard InChI is InChI=1S/C59H89N9O17/c1-13-33(4)45-52(75)67-48-39-20-22-40(23-21-39)84-37(8)59(81,31-60-26-17-27-61-57(80)85-58(9,10)11)25-24-43(70)62-29-44(71)82-30-41(56(79)83-36(7)47(54(77)64-45)66-50(73)34(5)49(72)32(2)3)63-53(76)46(35(6)69)65-51(74)42(68(12)55(48)78)28-38-18-15-14-16-19-38/h14-16,18-20,22,24-25,32-37,41-42,45-49,60,69,72,81H,13,17,21,23,26-31H2,1-12H3,(H,61,80)(H,62,70)(H,63,76)(H,64,77)(H,65,74)(H,66,73)(H,67,75)/b25-24+/t33-,34+,35+,36+,37+,41-,42-,45+,46+,47-,48-,49+,59-/m0/s1. The number of nitrogens with zero attached hydrogens (tertiary/aromatic N) is 1. The lowest BCUT2D eigenvalue weighted by atomic mass is 9.92. The largest absolute Gasteiger partial charge is 0.492 e. The van der Waals surface area contributed by atoms with Gasteiger partial charge in [-0.15, -0.1) is 0 Å². The Labute approximate surface area is 496 Å². The summed E-state index contributed by atoms with van der Waals surface area (Å²) in [7, 11) is 1.32. The minimum Gasteiger partial charge on any atom is -0.492 e. The number of hydrogen-bond acceptors (Lipinski definition) is 18. The number of benzene rings is 1. The maximum Gasteiger partial charge on any atom is 0.407 e. The van der Waals surface area contributed by atoms with Crippen molar-refractivity contribution in [3.05, 3.63) is 71.5 Å². The summed E-state index contributed by atoms with van der Waals surface area (Å²) in [5.41, 5.74) is -1.79. The van der Waals surface area contributed by atoms with Crippen LogP contribution in [0.2, 0.25) is 0 Å². The average molecular weight is 1200 g/mol. The van der Waals surface area contributed by atoms with Crippen LogP contribution in [0.15, 0.2) is 66.0 Å². The maximum absolute atomic E-state index is 15.4. The minimum atomic E-state index is -2.00. The fraction of sp³-hybridized carbons (Fsp3) is 0.627. The summed E-state index contributed by atoms with van der Waals surface area (Å²) < 4.78 is 22.8. The summed E-state index contributed by atoms with van der Waals surface area (Å²) in [6.07, 6.45) is -0.509. The van der Waals surface area contributed by atoms with E-state index >= 15 is 9.59 Å². The van der Waals surface area contributed by atoms with Crippen LogP contribution in [0.4, 0.5) is 4.79 Å². The van der Waals surface area contributed by atoms with Crippen molar-refractivity contribution in [1.29, 1.82) is 0 Å². The van der Waals surface area contributed by atoms with E-state index in [1.807, 2.05) is 0 Å². The summed E-state index contributed by atoms with van der Waals surface area (Å²) in [5.74, 6) is -11.1. The van der Waals surface area contributed by atoms with Crippen molar-refractivity contribution in [2.75, 3.05) is 39.8 Å². The number of aliphatic hydroxyl groups is 3. The van der Waals surface area contributed by atoms with Crippen LogP contribution in [-0.2, 0) is 68.5 Å². The van der Waals surface area contributed by atoms with Crippen molar-refractivity contribution in [2.45, 2.75) is 180 Å². The molecule has 8 amide bonds. The number of carbonyl (C=O) groups excluding carboxylic acids is 10. The number of allylic oxidation sites excluding steroid dienone is 3. The Bertz CT molecular complexity index is 2620. The highest BCUT2D eigenvalue weighted by atomic mass is 16.6. The van der Waals surface area contributed by atoms with Crippen LogP contribution in [-0.4, -0.2) is 191 Å². The summed E-state index contributed by atoms with van der Waals surface area (Å²) >= 11 is 0. The molecule has 5 rings (SSSR count). The summed E-state index contributed by atoms with van der Waals surface area (Å²) in [6.45, 7) is 15.7. The number of rotatable bonds is 15. The third-order valence-electron chi connectivity index (χ3n) is 14.8. The molecule has 0 saturated carbocycles. The first kappa shape index (κ1) is 70.1. The molecular formula is C59H89N9O17. The second-order valence-electron chi connectivity index (χ2n) is 23.2. The summed E-state index contributed by atoms with van der Waals surface area (Å²) in [5, 5.41) is 55.2. The Hall–Kier alpha value is -7.42. The van der Waals surface area contributed by atoms with Crippen molar-refractivity contribution >= 4 is 59.4 Å². The van der Waals surface area contributed by atoms with E-state index in [0.717, 1.165) is 17.1 Å². The van der Waals surface area contributed by atoms with Crippen LogP contribution in [0.5, 0.6) is 0 Å². The van der Waals surface area contributed by atoms with Crippen molar-refractivity contribution < 1.29 is 82.2 Å². The van der Waals surface area contributed by atoms with E-state index in [4.69, 9.17) is 18.9 Å². The molecule has 1 saturated heterocycles. The van der Waals surface area contributed by atoms with Crippen LogP contribution in [0, 0.1) is 17.8 Å². The number of alkyl carbamates (subject to hydrolysis) is 1. The molecule has 1 aromatic rings. The first-order chi connectivity index (χ1) is 39.9. The van der Waals surface area contributed by atoms with Crippen molar-refractivity contribution in [3.63, 3.8) is 0 Å². The zero-order chi connectivity index (χ0) is 63.5. The number of nitrogens with one attached hydrogen (secondary N) is 8. The van der Waals surface area contributed by atoms with Gasteiger partial charge in [-0.3, -0.25) is 38.4 Å². The van der Waals surface area contributed by atoms with Gasteiger partial charge in [0, 0.05) is 39.1 Å². The van der Waals surface area contributed by atoms with Gasteiger partial charge in [0.05, 0.1) is 23.9 Å². The molecule has 26 heteroatoms. The molecule has 1 fully saturated rings. The molecule has 1 aromatic carbocycles. The predicted molar refractivity (Wildman–Crippen MR) is 309 cm³/mol. The number of esters is 2. The molecule has 472 valence electrons. The number of amides is 8. The zero-order valence-corrected chi connectivity index (χ0v) is 50.8. The monoisotopic (exact) mass is 1200 g/mol. The molecule has 3 heterocycles. The highest BCUT2D eigenvalue weighted by Gasteiger charge is 2.43. The molecule has 1 aliphatic carbocycles. The molecule has 85 heavy (non-hydrogen) atoms. The van der Waals surface area contributed by atoms with Gasteiger partial charge >= 0.3 is 18.0 Å². The van der Waals surface area contributed by atoms with E-state index in [0.29, 0.717) is 23.3 Å². The van der Waals surface area contributed by atoms with Crippen LogP contribution < -0.4 is 42.5 Å². The first-order valence-electron chi connectivity index (χ1n) is 28.8. The lowest BCUT2D eigenvalue weighted by Gasteiger charge is -2.35. The average Bonchev–Trinajstić information content (AvgIpc) is 3.08. The quantitative estimate of drug-likeness (QED) is 0.0624. The molecule has 0 radical (unpaired) electrons. The van der Waals surface area contributed by atoms with Gasteiger partial charge in [-0.05, 0) is 96.1 Å². The molecule has 0 aromatic heterocycles. The fourth-order valence-corrected chi connectivity index (χ4v) is 9.23. The smallest absolute Gasteiger partial charge is 0.407 e. The number of ether oxygens (including phenoxy) is 4. The third-order valence-corrected chi connectivity index (χ3v) is 14.8. The Morgan fingerprint density at radius 3 is 2.12 bits per heavy atom. The van der Waals surface area contributed by atoms with Gasteiger partial charge in [-0.1, -0.05) is 77.4 Å². The SMILES string of the molecule is CC[C@H](C)[C@H]1NC(=O)[C@@H](NC(=O)[C@H](C)[C@H](O)C(C)C)[C@@H](C)OC(=O)[C@@H]2COC(=O)CNC(=O)/C=C/[C@](O)(CNCCCNC(=O)OC(C)(C)C)[C@@H](C)OC3=CC=C(CC3)[C@H](NC1=O)C(=O)N(C)[C@@H](Cc1ccccc1)C(=O)N[C@H]([C@@H](C)O)C(=O)N2. The van der Waals surface area contributed by atoms with E-state index in [2.05, 4.69) is 42.5 Å². The first-order valence-corrected chi connectivity index (χ1v) is 28.8. The molecule has 0 spiro atoms. The van der Waals surface area contributed by atoms with Crippen LogP contribution in [0.25, 0.3) is 0 Å². The Morgan fingerprint density at radius 1 is 0.847 bits per heavy atom. The van der Waals surface area contributed by atoms with Crippen LogP contribution >= 0.6 is 0 Å². The van der Waals surface area contributed by atoms with Gasteiger partial charge < -0.3 is 81.7 Å². The molecule has 0 unspecified atom stereocenters. The van der Waals surface area contributed by atoms with Gasteiger partial charge in [-0.2, -0.15) is 0 Å². The number of carbonyl (C=O) groups is 10. The molecule has 3 aliphatic heterocycles. The Morgan fingerprint density at radius 2 is 1.51 bits per heavy atom. The fourth-order valence-electron chi connectivity index (χ4n) is 9.23. The molecule has 4 aliphatic rings. The lowest BCUT2D eigenvalue weighted by molar-refractivity contribution is -0.160. The van der Waals surface area contributed by atoms with Crippen molar-refractivity contribution in [2.24, 2.45) is 17.8 Å². The van der Waals surface area contributed by atoms with Crippen LogP contribution in [0.1, 0.15) is 107 Å². The van der Waals surface area contributed by atoms with Crippen molar-refractivity contribution in [3.8, 4) is 0 Å². The molecule has 13 atom stereocenters. The van der Waals surface area contributed by atoms with E-state index in [1.54, 1.807) is 85.7 Å². The number of hydrogen-bond donors (Lipinski definition) is 11. The van der Waals surface area contributed by atoms with Gasteiger partial charge in [-0.25, -0.2) is 9.59 Å². The van der Waals surface area contributed by atoms with Gasteiger partial charge in [0.1, 0.15) is 66.8 Å². The Balaban J connectivity index is 1.95. The van der Waals surface area contributed by atoms with E-state index in [9.17, 15) is 53.7 Å². The number of fused-ring (bicyclic) bond motifs is 11. The lowest BCUT2D eigenvalue weighted by Crippen LogP contribution is -2.62. The van der Waals surface area contributed by atoms with Gasteiger partial charge in [0.25, 0.3) is 0 Å². The Kier molecular flexibility index (Phi) is 26.5. The number of cyclic esters (lactones) is 1. The van der Waals surface area contributed by atoms with E-state index in [1.165, 1.54) is 40.0 Å². The number of aliphatic hydroxyl groups excluding tert-OH is 2. The van der Waals surface area contributed by atoms with E-state index in [-0.39, 0.29) is 45.3 Å². The minimum absolute atomic E-state index is 0.0253. The zero-order valence-electron chi connectivity index (χ0n) is 50.8. The predicted octanol–water partition coefficient (Wildman–Crippen LogP) is -0.0208. The summed E-state index contributed by atoms with van der Waals surface area (Å²) in [6, 6.07) is -1.65. The van der Waals surface area contributed by atoms with Crippen LogP contribution in [0.3, 0.4) is 0 Å². The third kappa shape index (κ3) is 21.2. The summed E-state index contributed by atoms with van der Waals surface area (Å²) in [4.78, 5) is 143. The highest BCUT2D eigenvalue weighted by molar-refractivity contribution is 5.99. The molecule has 11 N–H and O–H groups in total. The van der Waals surface area contributed by atoms with Gasteiger partial charge in [0.2, 0.25) is 41.4 Å². The normalized spacial score (nSPS) is 27.4. The molecule has 4 bridgehead atoms. The maximum atomic E-state index is 15.4. The molecule has 26 nitrogen and oxygen atoms in total. The highest BCUT2D eigenvalue weighted by Crippen LogP contribution is 2.28. The van der Waals surface area contributed by atoms with Crippen molar-refractivity contribution in [1.82, 2.24) is 47.4 Å². The van der Waals surface area contributed by atoms with E-state index < -0.39 is 162 Å². The second kappa shape index (κ2) is 32.2. The number of likely N-dealkylation sites (N-methyl/N-ethyl adjacent to an activating group) is 1. The topological polar surface area (TPSA) is 368 Å².